The number of anilines is 3. The van der Waals surface area contributed by atoms with Crippen molar-refractivity contribution in [3.8, 4) is 17.3 Å². The molecule has 30 heavy (non-hydrogen) atoms. The van der Waals surface area contributed by atoms with Gasteiger partial charge in [0.1, 0.15) is 0 Å². The van der Waals surface area contributed by atoms with E-state index in [1.54, 1.807) is 18.3 Å². The molecule has 0 aliphatic heterocycles. The van der Waals surface area contributed by atoms with Crippen molar-refractivity contribution in [1.29, 1.82) is 5.26 Å². The van der Waals surface area contributed by atoms with Crippen LogP contribution < -0.4 is 10.8 Å². The first-order chi connectivity index (χ1) is 14.7. The molecule has 0 radical (unpaired) electrons. The van der Waals surface area contributed by atoms with Crippen molar-refractivity contribution in [2.24, 2.45) is 5.92 Å². The molecule has 3 aromatic rings. The number of nitrogens with zero attached hydrogens (tertiary/aromatic N) is 5. The van der Waals surface area contributed by atoms with Crippen molar-refractivity contribution in [2.45, 2.75) is 45.1 Å². The molecule has 8 nitrogen and oxygen atoms in total. The van der Waals surface area contributed by atoms with E-state index in [4.69, 9.17) is 10.2 Å². The molecule has 1 atom stereocenters. The van der Waals surface area contributed by atoms with E-state index in [-0.39, 0.29) is 6.04 Å². The summed E-state index contributed by atoms with van der Waals surface area (Å²) in [5.41, 5.74) is 6.21. The summed E-state index contributed by atoms with van der Waals surface area (Å²) in [6.07, 6.45) is 10.9. The van der Waals surface area contributed by atoms with Gasteiger partial charge in [-0.2, -0.15) is 10.4 Å². The highest BCUT2D eigenvalue weighted by atomic mass is 16.5. The van der Waals surface area contributed by atoms with E-state index in [1.807, 2.05) is 36.1 Å². The molecule has 1 unspecified atom stereocenters. The van der Waals surface area contributed by atoms with Crippen molar-refractivity contribution in [2.75, 3.05) is 10.8 Å². The Hall–Kier alpha value is -3.44. The van der Waals surface area contributed by atoms with Gasteiger partial charge in [-0.3, -0.25) is 15.4 Å². The quantitative estimate of drug-likeness (QED) is 0.484. The number of hydrogen-bond donors (Lipinski definition) is 3. The molecule has 8 heteroatoms. The molecule has 1 fully saturated rings. The zero-order chi connectivity index (χ0) is 20.9. The maximum Gasteiger partial charge on any atom is 0.227 e. The minimum atomic E-state index is 0.115. The molecule has 2 heterocycles. The topological polar surface area (TPSA) is 112 Å². The molecule has 2 aromatic heterocycles. The number of aryl methyl sites for hydroxylation is 1. The van der Waals surface area contributed by atoms with Gasteiger partial charge in [0.05, 0.1) is 36.1 Å². The van der Waals surface area contributed by atoms with Crippen LogP contribution in [0.25, 0.3) is 11.3 Å². The number of rotatable bonds is 7. The van der Waals surface area contributed by atoms with Gasteiger partial charge in [0.25, 0.3) is 0 Å². The standard InChI is InChI=1S/C22H25N7O/c1-15-12-24-22(26-18-6-8-19(28-30)9-7-18)27-21(15)17-13-25-29(14-17)20(10-11-23)16-4-2-3-5-16/h6-9,12-14,16,20,28,30H,2-5,10H2,1H3,(H,24,26,27). The van der Waals surface area contributed by atoms with Crippen LogP contribution >= 0.6 is 0 Å². The molecule has 0 spiro atoms. The number of hydrogen-bond acceptors (Lipinski definition) is 7. The van der Waals surface area contributed by atoms with Gasteiger partial charge in [-0.25, -0.2) is 9.97 Å². The second-order valence-corrected chi connectivity index (χ2v) is 7.72. The normalized spacial score (nSPS) is 15.0. The molecule has 1 aliphatic rings. The summed E-state index contributed by atoms with van der Waals surface area (Å²) in [5.74, 6) is 0.995. The van der Waals surface area contributed by atoms with Gasteiger partial charge in [0, 0.05) is 23.6 Å². The summed E-state index contributed by atoms with van der Waals surface area (Å²) < 4.78 is 1.95. The van der Waals surface area contributed by atoms with Crippen LogP contribution in [0.2, 0.25) is 0 Å². The van der Waals surface area contributed by atoms with Crippen LogP contribution in [0.15, 0.2) is 42.9 Å². The van der Waals surface area contributed by atoms with Gasteiger partial charge in [-0.05, 0) is 55.5 Å². The fourth-order valence-electron chi connectivity index (χ4n) is 4.11. The monoisotopic (exact) mass is 403 g/mol. The van der Waals surface area contributed by atoms with Crippen LogP contribution in [0.5, 0.6) is 0 Å². The summed E-state index contributed by atoms with van der Waals surface area (Å²) in [4.78, 5) is 9.07. The average Bonchev–Trinajstić information content (AvgIpc) is 3.46. The van der Waals surface area contributed by atoms with Crippen LogP contribution in [0, 0.1) is 24.2 Å². The Bertz CT molecular complexity index is 1030. The van der Waals surface area contributed by atoms with Gasteiger partial charge in [-0.1, -0.05) is 12.8 Å². The number of benzene rings is 1. The summed E-state index contributed by atoms with van der Waals surface area (Å²) in [5, 5.41) is 26.0. The van der Waals surface area contributed by atoms with Crippen molar-refractivity contribution in [3.05, 3.63) is 48.4 Å². The van der Waals surface area contributed by atoms with Gasteiger partial charge in [0.15, 0.2) is 0 Å². The van der Waals surface area contributed by atoms with Gasteiger partial charge in [0.2, 0.25) is 5.95 Å². The average molecular weight is 403 g/mol. The van der Waals surface area contributed by atoms with Gasteiger partial charge < -0.3 is 5.32 Å². The molecule has 1 saturated carbocycles. The summed E-state index contributed by atoms with van der Waals surface area (Å²) in [6.45, 7) is 1.97. The maximum absolute atomic E-state index is 9.30. The van der Waals surface area contributed by atoms with Crippen LogP contribution in [-0.2, 0) is 0 Å². The summed E-state index contributed by atoms with van der Waals surface area (Å²) >= 11 is 0. The number of nitriles is 1. The second kappa shape index (κ2) is 8.93. The Labute approximate surface area is 175 Å². The van der Waals surface area contributed by atoms with Crippen LogP contribution in [0.1, 0.15) is 43.7 Å². The highest BCUT2D eigenvalue weighted by Crippen LogP contribution is 2.36. The summed E-state index contributed by atoms with van der Waals surface area (Å²) in [6, 6.07) is 9.60. The molecule has 0 bridgehead atoms. The molecule has 3 N–H and O–H groups in total. The minimum absolute atomic E-state index is 0.115. The van der Waals surface area contributed by atoms with E-state index in [1.165, 1.54) is 12.8 Å². The lowest BCUT2D eigenvalue weighted by Crippen LogP contribution is -2.17. The SMILES string of the molecule is Cc1cnc(Nc2ccc(NO)cc2)nc1-c1cnn(C(CC#N)C2CCCC2)c1. The number of aromatic nitrogens is 4. The lowest BCUT2D eigenvalue weighted by molar-refractivity contribution is 0.315. The molecule has 154 valence electrons. The highest BCUT2D eigenvalue weighted by Gasteiger charge is 2.27. The van der Waals surface area contributed by atoms with E-state index < -0.39 is 0 Å². The highest BCUT2D eigenvalue weighted by molar-refractivity contribution is 5.64. The Kier molecular flexibility index (Phi) is 5.91. The van der Waals surface area contributed by atoms with Crippen LogP contribution in [0.3, 0.4) is 0 Å². The lowest BCUT2D eigenvalue weighted by Gasteiger charge is -2.21. The Morgan fingerprint density at radius 3 is 2.63 bits per heavy atom. The van der Waals surface area contributed by atoms with Crippen molar-refractivity contribution >= 4 is 17.3 Å². The molecule has 0 amide bonds. The largest absolute Gasteiger partial charge is 0.324 e. The Morgan fingerprint density at radius 2 is 1.93 bits per heavy atom. The van der Waals surface area contributed by atoms with E-state index in [2.05, 4.69) is 26.9 Å². The molecule has 4 rings (SSSR count). The molecular weight excluding hydrogens is 378 g/mol. The Balaban J connectivity index is 1.57. The van der Waals surface area contributed by atoms with E-state index in [9.17, 15) is 5.26 Å². The van der Waals surface area contributed by atoms with E-state index >= 15 is 0 Å². The number of nitrogens with one attached hydrogen (secondary N) is 2. The smallest absolute Gasteiger partial charge is 0.227 e. The van der Waals surface area contributed by atoms with Crippen molar-refractivity contribution in [1.82, 2.24) is 19.7 Å². The van der Waals surface area contributed by atoms with Crippen molar-refractivity contribution in [3.63, 3.8) is 0 Å². The zero-order valence-electron chi connectivity index (χ0n) is 16.9. The second-order valence-electron chi connectivity index (χ2n) is 7.72. The molecule has 1 aliphatic carbocycles. The minimum Gasteiger partial charge on any atom is -0.324 e. The van der Waals surface area contributed by atoms with E-state index in [0.717, 1.165) is 35.3 Å². The van der Waals surface area contributed by atoms with Crippen LogP contribution in [0.4, 0.5) is 17.3 Å². The first-order valence-corrected chi connectivity index (χ1v) is 10.2. The third-order valence-electron chi connectivity index (χ3n) is 5.70. The predicted octanol–water partition coefficient (Wildman–Crippen LogP) is 4.84. The molecule has 1 aromatic carbocycles. The molecule has 0 saturated heterocycles. The summed E-state index contributed by atoms with van der Waals surface area (Å²) in [7, 11) is 0. The third-order valence-corrected chi connectivity index (χ3v) is 5.70. The molecular formula is C22H25N7O. The predicted molar refractivity (Wildman–Crippen MR) is 114 cm³/mol. The van der Waals surface area contributed by atoms with Crippen molar-refractivity contribution < 1.29 is 5.21 Å². The van der Waals surface area contributed by atoms with Gasteiger partial charge in [-0.15, -0.1) is 0 Å². The van der Waals surface area contributed by atoms with Gasteiger partial charge >= 0.3 is 0 Å². The first kappa shape index (κ1) is 19.9. The Morgan fingerprint density at radius 1 is 1.20 bits per heavy atom. The maximum atomic E-state index is 9.30. The fourth-order valence-corrected chi connectivity index (χ4v) is 4.11. The van der Waals surface area contributed by atoms with Crippen LogP contribution in [-0.4, -0.2) is 25.0 Å². The first-order valence-electron chi connectivity index (χ1n) is 10.2. The van der Waals surface area contributed by atoms with E-state index in [0.29, 0.717) is 24.0 Å². The zero-order valence-corrected chi connectivity index (χ0v) is 16.9. The lowest BCUT2D eigenvalue weighted by atomic mass is 9.96. The fraction of sp³-hybridized carbons (Fsp3) is 0.364. The third kappa shape index (κ3) is 4.26.